The van der Waals surface area contributed by atoms with Crippen molar-refractivity contribution >= 4 is 5.91 Å². The van der Waals surface area contributed by atoms with Gasteiger partial charge in [-0.1, -0.05) is 37.3 Å². The maximum absolute atomic E-state index is 11.8. The van der Waals surface area contributed by atoms with Gasteiger partial charge < -0.3 is 10.4 Å². The van der Waals surface area contributed by atoms with Gasteiger partial charge in [-0.15, -0.1) is 0 Å². The van der Waals surface area contributed by atoms with Gasteiger partial charge in [0.15, 0.2) is 0 Å². The minimum atomic E-state index is -0.449. The van der Waals surface area contributed by atoms with Crippen LogP contribution in [0.15, 0.2) is 30.3 Å². The molecule has 116 valence electrons. The monoisotopic (exact) mass is 290 g/mol. The average molecular weight is 290 g/mol. The molecule has 0 aromatic heterocycles. The van der Waals surface area contributed by atoms with Gasteiger partial charge >= 0.3 is 0 Å². The Morgan fingerprint density at radius 3 is 2.90 bits per heavy atom. The van der Waals surface area contributed by atoms with Crippen molar-refractivity contribution in [2.24, 2.45) is 0 Å². The van der Waals surface area contributed by atoms with Gasteiger partial charge in [0.2, 0.25) is 5.91 Å². The molecule has 1 saturated heterocycles. The number of rotatable bonds is 7. The summed E-state index contributed by atoms with van der Waals surface area (Å²) in [7, 11) is 0. The fourth-order valence-corrected chi connectivity index (χ4v) is 2.94. The lowest BCUT2D eigenvalue weighted by atomic mass is 10.0. The first-order valence-corrected chi connectivity index (χ1v) is 7.94. The van der Waals surface area contributed by atoms with Gasteiger partial charge in [-0.3, -0.25) is 9.69 Å². The number of carbonyl (C=O) groups is 1. The Labute approximate surface area is 127 Å². The second kappa shape index (κ2) is 8.15. The first kappa shape index (κ1) is 16.0. The molecule has 1 aromatic rings. The standard InChI is InChI=1S/C17H26N2O2/c1-2-10-18-17(21)13-19-11-6-9-15(19)12-16(20)14-7-4-3-5-8-14/h3-5,7-8,15-16,20H,2,6,9-13H2,1H3,(H,18,21)/t15-,16+/m0/s1. The summed E-state index contributed by atoms with van der Waals surface area (Å²) in [4.78, 5) is 14.0. The van der Waals surface area contributed by atoms with E-state index in [1.807, 2.05) is 30.3 Å². The Morgan fingerprint density at radius 2 is 2.19 bits per heavy atom. The van der Waals surface area contributed by atoms with Gasteiger partial charge in [0.25, 0.3) is 0 Å². The fraction of sp³-hybridized carbons (Fsp3) is 0.588. The van der Waals surface area contributed by atoms with Crippen molar-refractivity contribution in [3.05, 3.63) is 35.9 Å². The summed E-state index contributed by atoms with van der Waals surface area (Å²) >= 11 is 0. The van der Waals surface area contributed by atoms with E-state index in [1.54, 1.807) is 0 Å². The Balaban J connectivity index is 1.85. The highest BCUT2D eigenvalue weighted by atomic mass is 16.3. The van der Waals surface area contributed by atoms with Crippen molar-refractivity contribution in [2.75, 3.05) is 19.6 Å². The maximum Gasteiger partial charge on any atom is 0.234 e. The molecule has 1 fully saturated rings. The number of nitrogens with one attached hydrogen (secondary N) is 1. The van der Waals surface area contributed by atoms with Crippen LogP contribution in [0.5, 0.6) is 0 Å². The highest BCUT2D eigenvalue weighted by Gasteiger charge is 2.28. The van der Waals surface area contributed by atoms with Crippen molar-refractivity contribution in [3.63, 3.8) is 0 Å². The number of hydrogen-bond donors (Lipinski definition) is 2. The minimum Gasteiger partial charge on any atom is -0.388 e. The summed E-state index contributed by atoms with van der Waals surface area (Å²) < 4.78 is 0. The van der Waals surface area contributed by atoms with Crippen LogP contribution in [0.1, 0.15) is 44.3 Å². The molecule has 4 heteroatoms. The highest BCUT2D eigenvalue weighted by molar-refractivity contribution is 5.78. The van der Waals surface area contributed by atoms with E-state index in [1.165, 1.54) is 0 Å². The number of aliphatic hydroxyl groups is 1. The SMILES string of the molecule is CCCNC(=O)CN1CCC[C@H]1C[C@@H](O)c1ccccc1. The molecule has 1 aliphatic rings. The fourth-order valence-electron chi connectivity index (χ4n) is 2.94. The lowest BCUT2D eigenvalue weighted by Gasteiger charge is -2.26. The highest BCUT2D eigenvalue weighted by Crippen LogP contribution is 2.26. The zero-order valence-electron chi connectivity index (χ0n) is 12.8. The number of hydrogen-bond acceptors (Lipinski definition) is 3. The van der Waals surface area contributed by atoms with Gasteiger partial charge in [-0.25, -0.2) is 0 Å². The van der Waals surface area contributed by atoms with Crippen LogP contribution >= 0.6 is 0 Å². The molecule has 2 rings (SSSR count). The van der Waals surface area contributed by atoms with Gasteiger partial charge in [-0.05, 0) is 37.8 Å². The van der Waals surface area contributed by atoms with Crippen LogP contribution in [0, 0.1) is 0 Å². The summed E-state index contributed by atoms with van der Waals surface area (Å²) in [6.45, 7) is 4.19. The molecule has 0 bridgehead atoms. The van der Waals surface area contributed by atoms with E-state index in [9.17, 15) is 9.90 Å². The number of carbonyl (C=O) groups excluding carboxylic acids is 1. The molecule has 1 aliphatic heterocycles. The van der Waals surface area contributed by atoms with E-state index in [0.717, 1.165) is 37.9 Å². The first-order chi connectivity index (χ1) is 10.2. The smallest absolute Gasteiger partial charge is 0.234 e. The largest absolute Gasteiger partial charge is 0.388 e. The van der Waals surface area contributed by atoms with Crippen LogP contribution in [-0.2, 0) is 4.79 Å². The van der Waals surface area contributed by atoms with Crippen molar-refractivity contribution in [1.82, 2.24) is 10.2 Å². The summed E-state index contributed by atoms with van der Waals surface area (Å²) in [5.74, 6) is 0.0953. The normalized spacial score (nSPS) is 20.4. The second-order valence-corrected chi connectivity index (χ2v) is 5.78. The minimum absolute atomic E-state index is 0.0953. The molecule has 4 nitrogen and oxygen atoms in total. The van der Waals surface area contributed by atoms with Gasteiger partial charge in [0, 0.05) is 12.6 Å². The Bertz CT molecular complexity index is 436. The van der Waals surface area contributed by atoms with Crippen molar-refractivity contribution < 1.29 is 9.90 Å². The molecule has 2 atom stereocenters. The van der Waals surface area contributed by atoms with Gasteiger partial charge in [0.05, 0.1) is 12.6 Å². The third kappa shape index (κ3) is 4.83. The van der Waals surface area contributed by atoms with Crippen molar-refractivity contribution in [1.29, 1.82) is 0 Å². The average Bonchev–Trinajstić information content (AvgIpc) is 2.93. The number of nitrogens with zero attached hydrogens (tertiary/aromatic N) is 1. The number of aliphatic hydroxyl groups excluding tert-OH is 1. The van der Waals surface area contributed by atoms with Crippen LogP contribution in [-0.4, -0.2) is 41.6 Å². The molecule has 2 N–H and O–H groups in total. The van der Waals surface area contributed by atoms with Crippen LogP contribution in [0.4, 0.5) is 0 Å². The van der Waals surface area contributed by atoms with E-state index in [0.29, 0.717) is 19.0 Å². The summed E-state index contributed by atoms with van der Waals surface area (Å²) in [5, 5.41) is 13.3. The van der Waals surface area contributed by atoms with E-state index in [4.69, 9.17) is 0 Å². The van der Waals surface area contributed by atoms with E-state index in [-0.39, 0.29) is 5.91 Å². The Kier molecular flexibility index (Phi) is 6.21. The quantitative estimate of drug-likeness (QED) is 0.808. The third-order valence-electron chi connectivity index (χ3n) is 4.10. The summed E-state index contributed by atoms with van der Waals surface area (Å²) in [5.41, 5.74) is 0.958. The van der Waals surface area contributed by atoms with Crippen LogP contribution in [0.3, 0.4) is 0 Å². The lowest BCUT2D eigenvalue weighted by molar-refractivity contribution is -0.122. The molecule has 1 aromatic carbocycles. The van der Waals surface area contributed by atoms with Crippen LogP contribution in [0.25, 0.3) is 0 Å². The molecule has 0 radical (unpaired) electrons. The summed E-state index contributed by atoms with van der Waals surface area (Å²) in [6, 6.07) is 10.1. The number of likely N-dealkylation sites (tertiary alicyclic amines) is 1. The number of benzene rings is 1. The molecule has 0 saturated carbocycles. The molecule has 0 aliphatic carbocycles. The predicted octanol–water partition coefficient (Wildman–Crippen LogP) is 2.10. The van der Waals surface area contributed by atoms with Gasteiger partial charge in [0.1, 0.15) is 0 Å². The third-order valence-corrected chi connectivity index (χ3v) is 4.10. The zero-order valence-corrected chi connectivity index (χ0v) is 12.8. The van der Waals surface area contributed by atoms with E-state index in [2.05, 4.69) is 17.1 Å². The summed E-state index contributed by atoms with van der Waals surface area (Å²) in [6.07, 6.45) is 3.38. The first-order valence-electron chi connectivity index (χ1n) is 7.94. The second-order valence-electron chi connectivity index (χ2n) is 5.78. The Hall–Kier alpha value is -1.39. The molecular formula is C17H26N2O2. The lowest BCUT2D eigenvalue weighted by Crippen LogP contribution is -2.40. The van der Waals surface area contributed by atoms with Crippen molar-refractivity contribution in [3.8, 4) is 0 Å². The molecule has 1 amide bonds. The predicted molar refractivity (Wildman–Crippen MR) is 83.9 cm³/mol. The topological polar surface area (TPSA) is 52.6 Å². The Morgan fingerprint density at radius 1 is 1.43 bits per heavy atom. The van der Waals surface area contributed by atoms with Gasteiger partial charge in [-0.2, -0.15) is 0 Å². The maximum atomic E-state index is 11.8. The molecule has 0 spiro atoms. The van der Waals surface area contributed by atoms with E-state index < -0.39 is 6.10 Å². The van der Waals surface area contributed by atoms with E-state index >= 15 is 0 Å². The molecule has 0 unspecified atom stereocenters. The zero-order chi connectivity index (χ0) is 15.1. The van der Waals surface area contributed by atoms with Crippen LogP contribution in [0.2, 0.25) is 0 Å². The number of amides is 1. The molecular weight excluding hydrogens is 264 g/mol. The van der Waals surface area contributed by atoms with Crippen LogP contribution < -0.4 is 5.32 Å². The molecule has 21 heavy (non-hydrogen) atoms. The van der Waals surface area contributed by atoms with Crippen molar-refractivity contribution in [2.45, 2.75) is 44.8 Å². The molecule has 1 heterocycles.